The standard InChI is InChI=1S/C8H11NO2/c9-4-3-6-1-2-7(10)8(11)5-6/h1-2,5,10-11H,3-4,9H2/i1D,2D,3D2,5D. The molecule has 60 valence electrons. The fraction of sp³-hybridized carbons (Fsp3) is 0.250. The molecule has 3 nitrogen and oxygen atoms in total. The van der Waals surface area contributed by atoms with Gasteiger partial charge in [0.05, 0.1) is 4.11 Å². The molecule has 4 N–H and O–H groups in total. The smallest absolute Gasteiger partial charge is 0.157 e. The average Bonchev–Trinajstić information content (AvgIpc) is 2.23. The van der Waals surface area contributed by atoms with E-state index >= 15 is 0 Å². The lowest BCUT2D eigenvalue weighted by atomic mass is 10.1. The molecule has 0 bridgehead atoms. The van der Waals surface area contributed by atoms with Crippen LogP contribution in [0.2, 0.25) is 0 Å². The molecule has 0 unspecified atom stereocenters. The number of hydrogen-bond donors (Lipinski definition) is 3. The quantitative estimate of drug-likeness (QED) is 0.552. The van der Waals surface area contributed by atoms with Crippen molar-refractivity contribution < 1.29 is 17.1 Å². The van der Waals surface area contributed by atoms with Gasteiger partial charge in [-0.05, 0) is 30.6 Å². The molecule has 0 heterocycles. The Labute approximate surface area is 72.1 Å². The first kappa shape index (κ1) is 3.45. The summed E-state index contributed by atoms with van der Waals surface area (Å²) in [5.74, 6) is -1.81. The van der Waals surface area contributed by atoms with Crippen molar-refractivity contribution in [1.29, 1.82) is 0 Å². The molecule has 11 heavy (non-hydrogen) atoms. The van der Waals surface area contributed by atoms with Crippen molar-refractivity contribution in [3.05, 3.63) is 23.7 Å². The van der Waals surface area contributed by atoms with E-state index in [0.29, 0.717) is 0 Å². The molecular weight excluding hydrogens is 142 g/mol. The fourth-order valence-corrected chi connectivity index (χ4v) is 0.580. The predicted octanol–water partition coefficient (Wildman–Crippen LogP) is 0.599. The summed E-state index contributed by atoms with van der Waals surface area (Å²) < 4.78 is 37.1. The second-order valence-electron chi connectivity index (χ2n) is 1.83. The van der Waals surface area contributed by atoms with Gasteiger partial charge in [0.1, 0.15) is 0 Å². The SMILES string of the molecule is [2H]c1c([2H])c(C([2H])([2H])CN)c([2H])c(O)c1O. The second-order valence-corrected chi connectivity index (χ2v) is 1.83. The van der Waals surface area contributed by atoms with Gasteiger partial charge < -0.3 is 15.9 Å². The Morgan fingerprint density at radius 1 is 1.45 bits per heavy atom. The van der Waals surface area contributed by atoms with Gasteiger partial charge in [-0.1, -0.05) is 6.04 Å². The summed E-state index contributed by atoms with van der Waals surface area (Å²) in [7, 11) is 0. The van der Waals surface area contributed by atoms with Crippen LogP contribution in [-0.2, 0) is 6.37 Å². The highest BCUT2D eigenvalue weighted by atomic mass is 16.3. The van der Waals surface area contributed by atoms with Gasteiger partial charge in [0, 0.05) is 2.74 Å². The van der Waals surface area contributed by atoms with E-state index in [0.717, 1.165) is 0 Å². The third-order valence-corrected chi connectivity index (χ3v) is 1.05. The summed E-state index contributed by atoms with van der Waals surface area (Å²) in [4.78, 5) is 0. The molecule has 0 atom stereocenters. The first-order valence-electron chi connectivity index (χ1n) is 5.46. The Balaban J connectivity index is 3.65. The molecule has 0 saturated carbocycles. The van der Waals surface area contributed by atoms with Gasteiger partial charge in [-0.25, -0.2) is 0 Å². The van der Waals surface area contributed by atoms with E-state index in [1.165, 1.54) is 0 Å². The van der Waals surface area contributed by atoms with Crippen molar-refractivity contribution in [2.24, 2.45) is 5.73 Å². The van der Waals surface area contributed by atoms with Crippen LogP contribution in [0.15, 0.2) is 18.1 Å². The molecular formula is C8H11NO2. The molecule has 3 heteroatoms. The van der Waals surface area contributed by atoms with Crippen molar-refractivity contribution in [1.82, 2.24) is 0 Å². The van der Waals surface area contributed by atoms with Crippen LogP contribution in [-0.4, -0.2) is 16.8 Å². The number of phenols is 2. The fourth-order valence-electron chi connectivity index (χ4n) is 0.580. The number of nitrogens with two attached hydrogens (primary N) is 1. The summed E-state index contributed by atoms with van der Waals surface area (Å²) >= 11 is 0. The highest BCUT2D eigenvalue weighted by Gasteiger charge is 1.98. The van der Waals surface area contributed by atoms with Gasteiger partial charge in [0.2, 0.25) is 0 Å². The number of hydrogen-bond acceptors (Lipinski definition) is 3. The van der Waals surface area contributed by atoms with E-state index in [1.54, 1.807) is 0 Å². The van der Waals surface area contributed by atoms with Crippen LogP contribution >= 0.6 is 0 Å². The van der Waals surface area contributed by atoms with Crippen molar-refractivity contribution in [2.75, 3.05) is 6.54 Å². The lowest BCUT2D eigenvalue weighted by Crippen LogP contribution is -2.02. The predicted molar refractivity (Wildman–Crippen MR) is 42.5 cm³/mol. The van der Waals surface area contributed by atoms with E-state index in [1.807, 2.05) is 0 Å². The molecule has 0 aliphatic carbocycles. The molecule has 0 radical (unpaired) electrons. The molecule has 0 aliphatic heterocycles. The topological polar surface area (TPSA) is 66.5 Å². The highest BCUT2D eigenvalue weighted by molar-refractivity contribution is 5.40. The average molecular weight is 158 g/mol. The Hall–Kier alpha value is -1.22. The van der Waals surface area contributed by atoms with Crippen molar-refractivity contribution in [3.63, 3.8) is 0 Å². The lowest BCUT2D eigenvalue weighted by molar-refractivity contribution is 0.403. The molecule has 1 rings (SSSR count). The number of phenolic OH excluding ortho intramolecular Hbond substituents is 2. The summed E-state index contributed by atoms with van der Waals surface area (Å²) in [5, 5.41) is 18.5. The van der Waals surface area contributed by atoms with Crippen molar-refractivity contribution in [3.8, 4) is 11.5 Å². The van der Waals surface area contributed by atoms with Crippen LogP contribution in [0, 0.1) is 0 Å². The zero-order valence-electron chi connectivity index (χ0n) is 10.7. The van der Waals surface area contributed by atoms with E-state index in [9.17, 15) is 10.2 Å². The van der Waals surface area contributed by atoms with E-state index in [-0.39, 0.29) is 0 Å². The van der Waals surface area contributed by atoms with Gasteiger partial charge >= 0.3 is 0 Å². The summed E-state index contributed by atoms with van der Waals surface area (Å²) in [6.45, 7) is -0.492. The number of benzene rings is 1. The van der Waals surface area contributed by atoms with Crippen molar-refractivity contribution in [2.45, 2.75) is 6.37 Å². The van der Waals surface area contributed by atoms with Gasteiger partial charge in [0.25, 0.3) is 0 Å². The molecule has 0 spiro atoms. The normalized spacial score (nSPS) is 17.7. The van der Waals surface area contributed by atoms with Crippen LogP contribution in [0.1, 0.15) is 12.4 Å². The first-order valence-corrected chi connectivity index (χ1v) is 2.96. The molecule has 0 aromatic heterocycles. The minimum atomic E-state index is -2.20. The van der Waals surface area contributed by atoms with Crippen LogP contribution in [0.25, 0.3) is 0 Å². The molecule has 0 fully saturated rings. The van der Waals surface area contributed by atoms with E-state index < -0.39 is 48.1 Å². The zero-order valence-corrected chi connectivity index (χ0v) is 5.68. The largest absolute Gasteiger partial charge is 0.504 e. The summed E-state index contributed by atoms with van der Waals surface area (Å²) in [6, 6.07) is -2.08. The van der Waals surface area contributed by atoms with Gasteiger partial charge in [-0.2, -0.15) is 0 Å². The minimum absolute atomic E-state index is 0.490. The molecule has 0 aliphatic rings. The Morgan fingerprint density at radius 3 is 2.82 bits per heavy atom. The second kappa shape index (κ2) is 3.25. The lowest BCUT2D eigenvalue weighted by Gasteiger charge is -2.00. The molecule has 0 amide bonds. The zero-order chi connectivity index (χ0) is 12.7. The van der Waals surface area contributed by atoms with Crippen LogP contribution in [0.4, 0.5) is 0 Å². The molecule has 1 aromatic carbocycles. The summed E-state index contributed by atoms with van der Waals surface area (Å²) in [5.41, 5.74) is 4.68. The maximum Gasteiger partial charge on any atom is 0.157 e. The van der Waals surface area contributed by atoms with Crippen LogP contribution in [0.5, 0.6) is 11.5 Å². The van der Waals surface area contributed by atoms with Crippen molar-refractivity contribution >= 4 is 0 Å². The third-order valence-electron chi connectivity index (χ3n) is 1.05. The molecule has 0 saturated heterocycles. The van der Waals surface area contributed by atoms with Gasteiger partial charge in [0.15, 0.2) is 11.5 Å². The maximum absolute atomic E-state index is 9.30. The molecule has 1 aromatic rings. The Morgan fingerprint density at radius 2 is 2.18 bits per heavy atom. The Kier molecular flexibility index (Phi) is 1.02. The van der Waals surface area contributed by atoms with Gasteiger partial charge in [-0.15, -0.1) is 0 Å². The van der Waals surface area contributed by atoms with Crippen LogP contribution in [0.3, 0.4) is 0 Å². The highest BCUT2D eigenvalue weighted by Crippen LogP contribution is 2.24. The maximum atomic E-state index is 9.30. The van der Waals surface area contributed by atoms with E-state index in [2.05, 4.69) is 0 Å². The summed E-state index contributed by atoms with van der Waals surface area (Å²) in [6.07, 6.45) is -2.20. The van der Waals surface area contributed by atoms with Crippen LogP contribution < -0.4 is 5.73 Å². The first-order chi connectivity index (χ1) is 7.24. The van der Waals surface area contributed by atoms with Gasteiger partial charge in [-0.3, -0.25) is 0 Å². The minimum Gasteiger partial charge on any atom is -0.504 e. The third kappa shape index (κ3) is 1.85. The Bertz CT molecular complexity index is 406. The number of aromatic hydroxyl groups is 2. The number of rotatable bonds is 2. The van der Waals surface area contributed by atoms with E-state index in [4.69, 9.17) is 12.6 Å². The monoisotopic (exact) mass is 158 g/mol.